The average molecular weight is 493 g/mol. The lowest BCUT2D eigenvalue weighted by atomic mass is 10.0. The summed E-state index contributed by atoms with van der Waals surface area (Å²) in [4.78, 5) is 13.6. The topological polar surface area (TPSA) is 63.2 Å². The Morgan fingerprint density at radius 1 is 0.421 bits per heavy atom. The van der Waals surface area contributed by atoms with Gasteiger partial charge in [-0.1, -0.05) is 72.8 Å². The van der Waals surface area contributed by atoms with E-state index in [4.69, 9.17) is 0 Å². The zero-order chi connectivity index (χ0) is 25.3. The molecule has 4 heterocycles. The van der Waals surface area contributed by atoms with Gasteiger partial charge in [0.2, 0.25) is 0 Å². The molecule has 184 valence electrons. The molecule has 0 saturated heterocycles. The summed E-state index contributed by atoms with van der Waals surface area (Å²) < 4.78 is 0. The van der Waals surface area contributed by atoms with E-state index >= 15 is 0 Å². The largest absolute Gasteiger partial charge is 0.361 e. The number of aromatic nitrogens is 4. The number of hydrogen-bond donors (Lipinski definition) is 4. The number of hydrogen-bond acceptors (Lipinski definition) is 0. The van der Waals surface area contributed by atoms with Crippen LogP contribution in [0.15, 0.2) is 122 Å². The number of nitrogens with one attached hydrogen (secondary N) is 4. The molecule has 0 fully saturated rings. The number of para-hydroxylation sites is 4. The highest BCUT2D eigenvalue weighted by Gasteiger charge is 2.08. The fourth-order valence-corrected chi connectivity index (χ4v) is 5.42. The van der Waals surface area contributed by atoms with E-state index in [-0.39, 0.29) is 0 Å². The molecule has 4 heteroatoms. The zero-order valence-electron chi connectivity index (χ0n) is 21.0. The van der Waals surface area contributed by atoms with Crippen molar-refractivity contribution in [3.05, 3.63) is 144 Å². The van der Waals surface area contributed by atoms with E-state index in [2.05, 4.69) is 142 Å². The molecule has 0 aliphatic rings. The van der Waals surface area contributed by atoms with Crippen molar-refractivity contribution in [1.29, 1.82) is 0 Å². The molecule has 4 nitrogen and oxygen atoms in total. The Morgan fingerprint density at radius 2 is 0.842 bits per heavy atom. The van der Waals surface area contributed by atoms with Crippen molar-refractivity contribution < 1.29 is 0 Å². The first-order valence-electron chi connectivity index (χ1n) is 13.0. The van der Waals surface area contributed by atoms with Gasteiger partial charge >= 0.3 is 0 Å². The van der Waals surface area contributed by atoms with Gasteiger partial charge in [0.15, 0.2) is 0 Å². The smallest absolute Gasteiger partial charge is 0.0456 e. The van der Waals surface area contributed by atoms with Gasteiger partial charge in [0.05, 0.1) is 0 Å². The molecule has 8 rings (SSSR count). The minimum absolute atomic E-state index is 0.906. The van der Waals surface area contributed by atoms with Crippen molar-refractivity contribution in [2.75, 3.05) is 0 Å². The Hall–Kier alpha value is -4.96. The molecule has 0 amide bonds. The summed E-state index contributed by atoms with van der Waals surface area (Å²) in [7, 11) is 0. The number of rotatable bonds is 4. The molecule has 0 atom stereocenters. The van der Waals surface area contributed by atoms with Gasteiger partial charge in [-0.2, -0.15) is 0 Å². The molecule has 38 heavy (non-hydrogen) atoms. The van der Waals surface area contributed by atoms with Crippen molar-refractivity contribution in [3.63, 3.8) is 0 Å². The lowest BCUT2D eigenvalue weighted by molar-refractivity contribution is 1.07. The number of fused-ring (bicyclic) bond motifs is 4. The molecule has 0 aliphatic heterocycles. The van der Waals surface area contributed by atoms with Crippen molar-refractivity contribution >= 4 is 43.6 Å². The van der Waals surface area contributed by atoms with Crippen molar-refractivity contribution in [3.8, 4) is 0 Å². The third-order valence-electron chi connectivity index (χ3n) is 7.28. The summed E-state index contributed by atoms with van der Waals surface area (Å²) >= 11 is 0. The summed E-state index contributed by atoms with van der Waals surface area (Å²) in [6, 6.07) is 38.1. The molecular formula is C34H28N4. The highest BCUT2D eigenvalue weighted by Crippen LogP contribution is 2.25. The molecule has 0 spiro atoms. The van der Waals surface area contributed by atoms with Crippen LogP contribution in [0, 0.1) is 0 Å². The van der Waals surface area contributed by atoms with Crippen molar-refractivity contribution in [2.24, 2.45) is 0 Å². The summed E-state index contributed by atoms with van der Waals surface area (Å²) in [5.74, 6) is 0. The Labute approximate surface area is 220 Å². The van der Waals surface area contributed by atoms with Crippen molar-refractivity contribution in [2.45, 2.75) is 12.8 Å². The van der Waals surface area contributed by atoms with Gasteiger partial charge < -0.3 is 19.9 Å². The quantitative estimate of drug-likeness (QED) is 0.190. The van der Waals surface area contributed by atoms with E-state index in [9.17, 15) is 0 Å². The minimum atomic E-state index is 0.906. The van der Waals surface area contributed by atoms with E-state index in [1.807, 2.05) is 0 Å². The van der Waals surface area contributed by atoms with Crippen LogP contribution in [-0.4, -0.2) is 19.9 Å². The summed E-state index contributed by atoms with van der Waals surface area (Å²) in [5, 5.41) is 5.17. The van der Waals surface area contributed by atoms with Crippen LogP contribution in [0.1, 0.15) is 22.5 Å². The highest BCUT2D eigenvalue weighted by atomic mass is 14.7. The predicted octanol–water partition coefficient (Wildman–Crippen LogP) is 8.48. The Bertz CT molecular complexity index is 1790. The van der Waals surface area contributed by atoms with Gasteiger partial charge in [0.1, 0.15) is 0 Å². The SMILES string of the molecule is c1ccc2[nH]c(Cc3cc4ccccc4[nH]3)cc2c1.c1ccc2c(Cc3c[nH]c4ccccc34)c[nH]c2c1. The fraction of sp³-hybridized carbons (Fsp3) is 0.0588. The number of benzene rings is 4. The first kappa shape index (κ1) is 22.3. The van der Waals surface area contributed by atoms with Gasteiger partial charge in [0.25, 0.3) is 0 Å². The summed E-state index contributed by atoms with van der Waals surface area (Å²) in [5.41, 5.74) is 10.00. The van der Waals surface area contributed by atoms with E-state index in [0.29, 0.717) is 0 Å². The van der Waals surface area contributed by atoms with Crippen LogP contribution in [0.4, 0.5) is 0 Å². The maximum absolute atomic E-state index is 3.47. The first-order chi connectivity index (χ1) is 18.8. The van der Waals surface area contributed by atoms with E-state index in [1.165, 1.54) is 66.1 Å². The van der Waals surface area contributed by atoms with Crippen LogP contribution in [0.25, 0.3) is 43.6 Å². The van der Waals surface area contributed by atoms with E-state index in [1.54, 1.807) is 0 Å². The standard InChI is InChI=1S/2C17H14N2/c1-3-7-16-14(5-1)12(10-18-16)9-13-11-19-17-8-4-2-6-15(13)17;1-3-7-16-12(5-1)9-14(18-16)11-15-10-13-6-2-4-8-17(13)19-15/h1-8,10-11,18-19H,9H2;1-10,18-19H,11H2. The lowest BCUT2D eigenvalue weighted by Gasteiger charge is -1.98. The summed E-state index contributed by atoms with van der Waals surface area (Å²) in [6.45, 7) is 0. The average Bonchev–Trinajstić information content (AvgIpc) is 3.74. The van der Waals surface area contributed by atoms with Gasteiger partial charge in [-0.05, 0) is 58.3 Å². The third kappa shape index (κ3) is 4.27. The van der Waals surface area contributed by atoms with Crippen LogP contribution in [0.5, 0.6) is 0 Å². The normalized spacial score (nSPS) is 11.4. The molecule has 4 aromatic carbocycles. The van der Waals surface area contributed by atoms with Crippen LogP contribution in [0.3, 0.4) is 0 Å². The van der Waals surface area contributed by atoms with Crippen LogP contribution in [-0.2, 0) is 12.8 Å². The maximum Gasteiger partial charge on any atom is 0.0456 e. The molecule has 0 saturated carbocycles. The van der Waals surface area contributed by atoms with Crippen LogP contribution in [0.2, 0.25) is 0 Å². The van der Waals surface area contributed by atoms with E-state index in [0.717, 1.165) is 12.8 Å². The second-order valence-corrected chi connectivity index (χ2v) is 9.84. The Kier molecular flexibility index (Phi) is 5.56. The van der Waals surface area contributed by atoms with Gasteiger partial charge in [0, 0.05) is 69.5 Å². The lowest BCUT2D eigenvalue weighted by Crippen LogP contribution is -1.87. The number of H-pyrrole nitrogens is 4. The molecule has 4 aromatic heterocycles. The monoisotopic (exact) mass is 492 g/mol. The Balaban J connectivity index is 0.000000127. The molecule has 0 unspecified atom stereocenters. The van der Waals surface area contributed by atoms with Crippen molar-refractivity contribution in [1.82, 2.24) is 19.9 Å². The minimum Gasteiger partial charge on any atom is -0.361 e. The van der Waals surface area contributed by atoms with Crippen LogP contribution >= 0.6 is 0 Å². The second kappa shape index (κ2) is 9.49. The summed E-state index contributed by atoms with van der Waals surface area (Å²) in [6.07, 6.45) is 6.09. The molecule has 0 radical (unpaired) electrons. The molecular weight excluding hydrogens is 464 g/mol. The second-order valence-electron chi connectivity index (χ2n) is 9.84. The molecule has 0 aliphatic carbocycles. The van der Waals surface area contributed by atoms with E-state index < -0.39 is 0 Å². The fourth-order valence-electron chi connectivity index (χ4n) is 5.42. The van der Waals surface area contributed by atoms with Gasteiger partial charge in [-0.25, -0.2) is 0 Å². The van der Waals surface area contributed by atoms with Gasteiger partial charge in [-0.15, -0.1) is 0 Å². The van der Waals surface area contributed by atoms with Crippen LogP contribution < -0.4 is 0 Å². The molecule has 4 N–H and O–H groups in total. The third-order valence-corrected chi connectivity index (χ3v) is 7.28. The molecule has 0 bridgehead atoms. The van der Waals surface area contributed by atoms with Gasteiger partial charge in [-0.3, -0.25) is 0 Å². The Morgan fingerprint density at radius 3 is 1.32 bits per heavy atom. The molecule has 8 aromatic rings. The maximum atomic E-state index is 3.47. The highest BCUT2D eigenvalue weighted by molar-refractivity contribution is 5.87. The predicted molar refractivity (Wildman–Crippen MR) is 159 cm³/mol. The number of aromatic amines is 4. The first-order valence-corrected chi connectivity index (χ1v) is 13.0. The zero-order valence-corrected chi connectivity index (χ0v) is 21.0.